The summed E-state index contributed by atoms with van der Waals surface area (Å²) in [6, 6.07) is 2.20. The van der Waals surface area contributed by atoms with Crippen LogP contribution in [-0.4, -0.2) is 49.1 Å². The third-order valence-corrected chi connectivity index (χ3v) is 4.38. The van der Waals surface area contributed by atoms with Crippen LogP contribution in [0.2, 0.25) is 0 Å². The van der Waals surface area contributed by atoms with Crippen LogP contribution in [0, 0.1) is 17.8 Å². The summed E-state index contributed by atoms with van der Waals surface area (Å²) in [5, 5.41) is 2.13. The maximum Gasteiger partial charge on any atom is 0.0555 e. The number of piperazine rings is 1. The van der Waals surface area contributed by atoms with Crippen molar-refractivity contribution in [1.82, 2.24) is 9.80 Å². The van der Waals surface area contributed by atoms with E-state index in [0.717, 1.165) is 18.0 Å². The van der Waals surface area contributed by atoms with E-state index in [1.54, 1.807) is 11.3 Å². The van der Waals surface area contributed by atoms with Gasteiger partial charge in [0.1, 0.15) is 0 Å². The Hall–Kier alpha value is -0.860. The van der Waals surface area contributed by atoms with Crippen LogP contribution < -0.4 is 5.73 Å². The Kier molecular flexibility index (Phi) is 6.06. The Morgan fingerprint density at radius 1 is 1.25 bits per heavy atom. The summed E-state index contributed by atoms with van der Waals surface area (Å²) in [6.07, 6.45) is 0. The Balaban J connectivity index is 1.79. The molecule has 0 atom stereocenters. The van der Waals surface area contributed by atoms with Crippen molar-refractivity contribution in [3.8, 4) is 11.8 Å². The minimum Gasteiger partial charge on any atom is -0.320 e. The molecule has 0 aromatic carbocycles. The lowest BCUT2D eigenvalue weighted by Gasteiger charge is -2.35. The van der Waals surface area contributed by atoms with Gasteiger partial charge in [0.05, 0.1) is 6.54 Å². The van der Waals surface area contributed by atoms with E-state index in [2.05, 4.69) is 46.9 Å². The lowest BCUT2D eigenvalue weighted by molar-refractivity contribution is 0.118. The summed E-state index contributed by atoms with van der Waals surface area (Å²) in [6.45, 7) is 12.1. The molecule has 0 spiro atoms. The third-order valence-electron chi connectivity index (χ3n) is 3.46. The molecule has 0 unspecified atom stereocenters. The van der Waals surface area contributed by atoms with Crippen molar-refractivity contribution in [2.45, 2.75) is 20.4 Å². The largest absolute Gasteiger partial charge is 0.320 e. The van der Waals surface area contributed by atoms with Gasteiger partial charge in [-0.3, -0.25) is 4.90 Å². The quantitative estimate of drug-likeness (QED) is 0.859. The van der Waals surface area contributed by atoms with E-state index in [1.807, 2.05) is 0 Å². The Morgan fingerprint density at radius 3 is 2.60 bits per heavy atom. The van der Waals surface area contributed by atoms with Gasteiger partial charge in [0, 0.05) is 55.1 Å². The first-order valence-corrected chi connectivity index (χ1v) is 8.26. The molecule has 1 aliphatic rings. The maximum absolute atomic E-state index is 5.40. The van der Waals surface area contributed by atoms with Gasteiger partial charge in [-0.2, -0.15) is 0 Å². The SMILES string of the molecule is CC(C)CN1CCN(Cc2cc(C#CCN)cs2)CC1. The molecular formula is C16H25N3S. The number of nitrogens with zero attached hydrogens (tertiary/aromatic N) is 2. The minimum atomic E-state index is 0.434. The predicted molar refractivity (Wildman–Crippen MR) is 86.8 cm³/mol. The molecule has 1 aliphatic heterocycles. The van der Waals surface area contributed by atoms with Crippen LogP contribution >= 0.6 is 11.3 Å². The van der Waals surface area contributed by atoms with Gasteiger partial charge in [-0.25, -0.2) is 0 Å². The molecule has 1 fully saturated rings. The fourth-order valence-electron chi connectivity index (χ4n) is 2.55. The predicted octanol–water partition coefficient (Wildman–Crippen LogP) is 1.83. The van der Waals surface area contributed by atoms with Gasteiger partial charge in [0.25, 0.3) is 0 Å². The molecule has 2 N–H and O–H groups in total. The standard InChI is InChI=1S/C16H25N3S/c1-14(2)11-18-6-8-19(9-7-18)12-16-10-15(13-20-16)4-3-5-17/h10,13-14H,5-9,11-12,17H2,1-2H3. The summed E-state index contributed by atoms with van der Waals surface area (Å²) >= 11 is 1.81. The van der Waals surface area contributed by atoms with E-state index in [9.17, 15) is 0 Å². The highest BCUT2D eigenvalue weighted by atomic mass is 32.1. The van der Waals surface area contributed by atoms with Gasteiger partial charge in [-0.15, -0.1) is 11.3 Å². The van der Waals surface area contributed by atoms with Crippen LogP contribution in [0.25, 0.3) is 0 Å². The summed E-state index contributed by atoms with van der Waals surface area (Å²) in [4.78, 5) is 6.53. The van der Waals surface area contributed by atoms with Gasteiger partial charge < -0.3 is 10.6 Å². The third kappa shape index (κ3) is 4.92. The molecule has 4 heteroatoms. The maximum atomic E-state index is 5.40. The summed E-state index contributed by atoms with van der Waals surface area (Å²) < 4.78 is 0. The van der Waals surface area contributed by atoms with Crippen molar-refractivity contribution in [3.05, 3.63) is 21.9 Å². The minimum absolute atomic E-state index is 0.434. The van der Waals surface area contributed by atoms with Gasteiger partial charge in [0.15, 0.2) is 0 Å². The van der Waals surface area contributed by atoms with Crippen molar-refractivity contribution in [2.75, 3.05) is 39.3 Å². The van der Waals surface area contributed by atoms with Crippen LogP contribution in [0.1, 0.15) is 24.3 Å². The zero-order valence-corrected chi connectivity index (χ0v) is 13.4. The van der Waals surface area contributed by atoms with Gasteiger partial charge in [0.2, 0.25) is 0 Å². The van der Waals surface area contributed by atoms with Crippen molar-refractivity contribution in [3.63, 3.8) is 0 Å². The zero-order chi connectivity index (χ0) is 14.4. The number of hydrogen-bond donors (Lipinski definition) is 1. The molecule has 0 aliphatic carbocycles. The smallest absolute Gasteiger partial charge is 0.0555 e. The van der Waals surface area contributed by atoms with Crippen molar-refractivity contribution < 1.29 is 0 Å². The average Bonchev–Trinajstić information content (AvgIpc) is 2.86. The molecule has 2 heterocycles. The molecule has 1 saturated heterocycles. The topological polar surface area (TPSA) is 32.5 Å². The Morgan fingerprint density at radius 2 is 1.95 bits per heavy atom. The Bertz CT molecular complexity index is 462. The van der Waals surface area contributed by atoms with E-state index in [-0.39, 0.29) is 0 Å². The van der Waals surface area contributed by atoms with Crippen molar-refractivity contribution in [2.24, 2.45) is 11.7 Å². The molecule has 20 heavy (non-hydrogen) atoms. The highest BCUT2D eigenvalue weighted by Gasteiger charge is 2.17. The molecule has 0 amide bonds. The fraction of sp³-hybridized carbons (Fsp3) is 0.625. The second-order valence-corrected chi connectivity index (χ2v) is 6.77. The summed E-state index contributed by atoms with van der Waals surface area (Å²) in [7, 11) is 0. The molecule has 110 valence electrons. The summed E-state index contributed by atoms with van der Waals surface area (Å²) in [5.41, 5.74) is 6.50. The van der Waals surface area contributed by atoms with E-state index in [0.29, 0.717) is 6.54 Å². The lowest BCUT2D eigenvalue weighted by atomic mass is 10.2. The zero-order valence-electron chi connectivity index (χ0n) is 12.6. The first-order chi connectivity index (χ1) is 9.67. The normalized spacial score (nSPS) is 17.2. The van der Waals surface area contributed by atoms with E-state index >= 15 is 0 Å². The number of nitrogens with two attached hydrogens (primary N) is 1. The molecule has 1 aromatic heterocycles. The van der Waals surface area contributed by atoms with E-state index in [1.165, 1.54) is 37.6 Å². The monoisotopic (exact) mass is 291 g/mol. The molecule has 0 saturated carbocycles. The first-order valence-electron chi connectivity index (χ1n) is 7.38. The average molecular weight is 291 g/mol. The van der Waals surface area contributed by atoms with Crippen LogP contribution in [0.5, 0.6) is 0 Å². The second-order valence-electron chi connectivity index (χ2n) is 5.78. The molecule has 0 radical (unpaired) electrons. The van der Waals surface area contributed by atoms with Crippen LogP contribution in [0.15, 0.2) is 11.4 Å². The van der Waals surface area contributed by atoms with Gasteiger partial charge in [-0.1, -0.05) is 25.7 Å². The number of rotatable bonds is 4. The van der Waals surface area contributed by atoms with Crippen molar-refractivity contribution in [1.29, 1.82) is 0 Å². The van der Waals surface area contributed by atoms with Gasteiger partial charge in [-0.05, 0) is 12.0 Å². The molecule has 0 bridgehead atoms. The highest BCUT2D eigenvalue weighted by molar-refractivity contribution is 7.10. The van der Waals surface area contributed by atoms with Crippen LogP contribution in [0.4, 0.5) is 0 Å². The van der Waals surface area contributed by atoms with Crippen molar-refractivity contribution >= 4 is 11.3 Å². The summed E-state index contributed by atoms with van der Waals surface area (Å²) in [5.74, 6) is 6.78. The fourth-order valence-corrected chi connectivity index (χ4v) is 3.41. The number of thiophene rings is 1. The second kappa shape index (κ2) is 7.80. The molecular weight excluding hydrogens is 266 g/mol. The van der Waals surface area contributed by atoms with Crippen LogP contribution in [-0.2, 0) is 6.54 Å². The first kappa shape index (κ1) is 15.5. The Labute approximate surface area is 126 Å². The van der Waals surface area contributed by atoms with E-state index < -0.39 is 0 Å². The van der Waals surface area contributed by atoms with E-state index in [4.69, 9.17) is 5.73 Å². The van der Waals surface area contributed by atoms with Gasteiger partial charge >= 0.3 is 0 Å². The highest BCUT2D eigenvalue weighted by Crippen LogP contribution is 2.17. The molecule has 3 nitrogen and oxygen atoms in total. The lowest BCUT2D eigenvalue weighted by Crippen LogP contribution is -2.46. The molecule has 2 rings (SSSR count). The molecule has 1 aromatic rings. The van der Waals surface area contributed by atoms with Crippen LogP contribution in [0.3, 0.4) is 0 Å². The number of hydrogen-bond acceptors (Lipinski definition) is 4.